The molecule has 2 aromatic carbocycles. The van der Waals surface area contributed by atoms with E-state index in [4.69, 9.17) is 0 Å². The molecule has 1 atom stereocenters. The fraction of sp³-hybridized carbons (Fsp3) is 0.455. The number of rotatable bonds is 5. The second-order valence-corrected chi connectivity index (χ2v) is 9.31. The van der Waals surface area contributed by atoms with E-state index in [1.54, 1.807) is 6.07 Å². The first-order valence-corrected chi connectivity index (χ1v) is 11.1. The van der Waals surface area contributed by atoms with Crippen molar-refractivity contribution in [2.24, 2.45) is 0 Å². The van der Waals surface area contributed by atoms with Crippen molar-refractivity contribution in [3.63, 3.8) is 0 Å². The highest BCUT2D eigenvalue weighted by Gasteiger charge is 2.40. The van der Waals surface area contributed by atoms with E-state index in [9.17, 15) is 17.4 Å². The van der Waals surface area contributed by atoms with Gasteiger partial charge in [0, 0.05) is 30.9 Å². The Morgan fingerprint density at radius 2 is 1.59 bits per heavy atom. The number of nitrogens with zero attached hydrogens (tertiary/aromatic N) is 2. The number of piperidine rings is 1. The van der Waals surface area contributed by atoms with E-state index in [-0.39, 0.29) is 17.0 Å². The van der Waals surface area contributed by atoms with Gasteiger partial charge >= 0.3 is 6.18 Å². The number of alkyl halides is 3. The third-order valence-corrected chi connectivity index (χ3v) is 7.32. The van der Waals surface area contributed by atoms with Crippen molar-refractivity contribution in [3.05, 3.63) is 59.7 Å². The van der Waals surface area contributed by atoms with Crippen LogP contribution in [0.2, 0.25) is 0 Å². The standard InChI is InChI=1S/C22H25F3N2OS/c1-16-5-7-18(8-6-16)26-13-11-20(12-14-26)27(19-9-10-19)29(28)21-4-2-3-17(15-21)22(23,24)25/h2-8,15,19-20H,9-14H2,1H3. The van der Waals surface area contributed by atoms with Crippen molar-refractivity contribution < 1.29 is 17.4 Å². The van der Waals surface area contributed by atoms with E-state index in [0.717, 1.165) is 50.9 Å². The summed E-state index contributed by atoms with van der Waals surface area (Å²) in [6, 6.07) is 13.7. The van der Waals surface area contributed by atoms with Crippen LogP contribution in [0.15, 0.2) is 53.4 Å². The lowest BCUT2D eigenvalue weighted by molar-refractivity contribution is -0.137. The van der Waals surface area contributed by atoms with Crippen LogP contribution < -0.4 is 4.90 Å². The van der Waals surface area contributed by atoms with Gasteiger partial charge in [-0.05, 0) is 62.9 Å². The number of hydrogen-bond donors (Lipinski definition) is 0. The van der Waals surface area contributed by atoms with Gasteiger partial charge in [0.1, 0.15) is 11.0 Å². The van der Waals surface area contributed by atoms with Crippen molar-refractivity contribution >= 4 is 16.7 Å². The quantitative estimate of drug-likeness (QED) is 0.664. The van der Waals surface area contributed by atoms with Gasteiger partial charge < -0.3 is 4.90 Å². The van der Waals surface area contributed by atoms with E-state index in [1.165, 1.54) is 17.3 Å². The van der Waals surface area contributed by atoms with Crippen LogP contribution in [0.25, 0.3) is 0 Å². The summed E-state index contributed by atoms with van der Waals surface area (Å²) in [5, 5.41) is 0. The molecule has 1 heterocycles. The first-order valence-electron chi connectivity index (χ1n) is 10.0. The summed E-state index contributed by atoms with van der Waals surface area (Å²) in [5.41, 5.74) is 1.67. The first-order chi connectivity index (χ1) is 13.8. The molecule has 3 nitrogen and oxygen atoms in total. The number of aryl methyl sites for hydroxylation is 1. The van der Waals surface area contributed by atoms with Crippen molar-refractivity contribution in [3.8, 4) is 0 Å². The monoisotopic (exact) mass is 422 g/mol. The van der Waals surface area contributed by atoms with Gasteiger partial charge in [0.05, 0.1) is 10.5 Å². The second-order valence-electron chi connectivity index (χ2n) is 7.92. The van der Waals surface area contributed by atoms with E-state index in [1.807, 2.05) is 4.31 Å². The Morgan fingerprint density at radius 3 is 2.17 bits per heavy atom. The van der Waals surface area contributed by atoms with Crippen molar-refractivity contribution in [2.45, 2.75) is 55.8 Å². The molecule has 2 aromatic rings. The first kappa shape index (κ1) is 20.4. The Bertz CT molecular complexity index is 872. The van der Waals surface area contributed by atoms with Gasteiger partial charge in [0.25, 0.3) is 0 Å². The van der Waals surface area contributed by atoms with E-state index >= 15 is 0 Å². The van der Waals surface area contributed by atoms with E-state index < -0.39 is 22.7 Å². The fourth-order valence-corrected chi connectivity index (χ4v) is 5.56. The second kappa shape index (κ2) is 8.11. The Balaban J connectivity index is 1.48. The van der Waals surface area contributed by atoms with Crippen LogP contribution in [0, 0.1) is 6.92 Å². The number of benzene rings is 2. The normalized spacial score (nSPS) is 19.6. The molecule has 1 aliphatic carbocycles. The lowest BCUT2D eigenvalue weighted by Crippen LogP contribution is -2.46. The topological polar surface area (TPSA) is 23.6 Å². The maximum absolute atomic E-state index is 13.2. The van der Waals surface area contributed by atoms with Crippen molar-refractivity contribution in [1.29, 1.82) is 0 Å². The van der Waals surface area contributed by atoms with Crippen LogP contribution in [-0.2, 0) is 17.2 Å². The smallest absolute Gasteiger partial charge is 0.371 e. The van der Waals surface area contributed by atoms with Gasteiger partial charge in [-0.25, -0.2) is 8.51 Å². The molecule has 2 aliphatic rings. The third-order valence-electron chi connectivity index (χ3n) is 5.68. The predicted molar refractivity (Wildman–Crippen MR) is 109 cm³/mol. The Kier molecular flexibility index (Phi) is 5.71. The van der Waals surface area contributed by atoms with Gasteiger partial charge in [-0.1, -0.05) is 23.8 Å². The molecule has 1 saturated carbocycles. The van der Waals surface area contributed by atoms with Crippen LogP contribution >= 0.6 is 0 Å². The SMILES string of the molecule is Cc1ccc(N2CCC(N(C3CC3)S(=O)c3cccc(C(F)(F)F)c3)CC2)cc1. The summed E-state index contributed by atoms with van der Waals surface area (Å²) in [4.78, 5) is 2.57. The number of anilines is 1. The molecule has 0 spiro atoms. The predicted octanol–water partition coefficient (Wildman–Crippen LogP) is 5.17. The zero-order valence-corrected chi connectivity index (χ0v) is 17.2. The molecule has 1 aliphatic heterocycles. The number of halogens is 3. The van der Waals surface area contributed by atoms with Crippen LogP contribution in [0.5, 0.6) is 0 Å². The minimum atomic E-state index is -4.43. The minimum absolute atomic E-state index is 0.125. The van der Waals surface area contributed by atoms with Crippen LogP contribution in [0.3, 0.4) is 0 Å². The average molecular weight is 423 g/mol. The minimum Gasteiger partial charge on any atom is -0.371 e. The zero-order valence-electron chi connectivity index (χ0n) is 16.4. The molecular weight excluding hydrogens is 397 g/mol. The average Bonchev–Trinajstić information content (AvgIpc) is 3.54. The highest BCUT2D eigenvalue weighted by atomic mass is 32.2. The molecule has 29 heavy (non-hydrogen) atoms. The lowest BCUT2D eigenvalue weighted by Gasteiger charge is -2.39. The Hall–Kier alpha value is -1.86. The molecule has 0 N–H and O–H groups in total. The van der Waals surface area contributed by atoms with E-state index in [0.29, 0.717) is 0 Å². The van der Waals surface area contributed by atoms with E-state index in [2.05, 4.69) is 36.1 Å². The molecule has 7 heteroatoms. The summed E-state index contributed by atoms with van der Waals surface area (Å²) in [7, 11) is -1.58. The third kappa shape index (κ3) is 4.67. The van der Waals surface area contributed by atoms with Gasteiger partial charge in [-0.15, -0.1) is 0 Å². The molecular formula is C22H25F3N2OS. The van der Waals surface area contributed by atoms with Gasteiger partial charge in [0.15, 0.2) is 0 Å². The van der Waals surface area contributed by atoms with Crippen LogP contribution in [0.1, 0.15) is 36.8 Å². The maximum atomic E-state index is 13.2. The molecule has 1 saturated heterocycles. The molecule has 156 valence electrons. The zero-order chi connectivity index (χ0) is 20.6. The molecule has 0 radical (unpaired) electrons. The lowest BCUT2D eigenvalue weighted by atomic mass is 10.0. The molecule has 2 fully saturated rings. The summed E-state index contributed by atoms with van der Waals surface area (Å²) in [6.07, 6.45) is -0.792. The molecule has 1 unspecified atom stereocenters. The Labute approximate surface area is 172 Å². The molecule has 0 amide bonds. The van der Waals surface area contributed by atoms with Gasteiger partial charge in [-0.2, -0.15) is 13.2 Å². The molecule has 0 aromatic heterocycles. The van der Waals surface area contributed by atoms with Gasteiger partial charge in [-0.3, -0.25) is 0 Å². The molecule has 4 rings (SSSR count). The van der Waals surface area contributed by atoms with Crippen LogP contribution in [-0.4, -0.2) is 33.7 Å². The summed E-state index contributed by atoms with van der Waals surface area (Å²) < 4.78 is 54.4. The Morgan fingerprint density at radius 1 is 0.966 bits per heavy atom. The maximum Gasteiger partial charge on any atom is 0.416 e. The summed E-state index contributed by atoms with van der Waals surface area (Å²) >= 11 is 0. The fourth-order valence-electron chi connectivity index (χ4n) is 3.93. The van der Waals surface area contributed by atoms with Crippen molar-refractivity contribution in [2.75, 3.05) is 18.0 Å². The summed E-state index contributed by atoms with van der Waals surface area (Å²) in [6.45, 7) is 3.78. The van der Waals surface area contributed by atoms with Gasteiger partial charge in [0.2, 0.25) is 0 Å². The molecule has 0 bridgehead atoms. The van der Waals surface area contributed by atoms with Crippen molar-refractivity contribution in [1.82, 2.24) is 4.31 Å². The number of hydrogen-bond acceptors (Lipinski definition) is 2. The highest BCUT2D eigenvalue weighted by molar-refractivity contribution is 7.82. The summed E-state index contributed by atoms with van der Waals surface area (Å²) in [5.74, 6) is 0. The largest absolute Gasteiger partial charge is 0.416 e. The van der Waals surface area contributed by atoms with Crippen LogP contribution in [0.4, 0.5) is 18.9 Å². The highest BCUT2D eigenvalue weighted by Crippen LogP contribution is 2.37.